The Bertz CT molecular complexity index is 583. The smallest absolute Gasteiger partial charge is 0.345 e. The maximum atomic E-state index is 11.6. The molecule has 122 valence electrons. The van der Waals surface area contributed by atoms with Crippen LogP contribution in [0.25, 0.3) is 0 Å². The summed E-state index contributed by atoms with van der Waals surface area (Å²) >= 11 is 0. The number of allylic oxidation sites excluding steroid dienone is 2. The van der Waals surface area contributed by atoms with Crippen LogP contribution in [0.2, 0.25) is 0 Å². The average molecular weight is 318 g/mol. The zero-order valence-corrected chi connectivity index (χ0v) is 13.0. The van der Waals surface area contributed by atoms with Gasteiger partial charge >= 0.3 is 11.9 Å². The minimum atomic E-state index is -0.839. The lowest BCUT2D eigenvalue weighted by molar-refractivity contribution is -0.144. The standard InChI is InChI=1S/C17H18O6/c1-21-16(19)15(17(20)22-2)10-6-9-14(18)12-23-11-13-7-4-3-5-8-13/h3-10H,11-12H2,1-2H3/b9-6-. The normalized spacial score (nSPS) is 10.2. The first-order chi connectivity index (χ1) is 11.1. The average Bonchev–Trinajstić information content (AvgIpc) is 2.58. The van der Waals surface area contributed by atoms with Crippen LogP contribution in [0.1, 0.15) is 5.56 Å². The number of ether oxygens (including phenoxy) is 3. The van der Waals surface area contributed by atoms with Gasteiger partial charge in [-0.3, -0.25) is 4.79 Å². The molecule has 0 fully saturated rings. The van der Waals surface area contributed by atoms with Crippen molar-refractivity contribution in [3.05, 3.63) is 59.7 Å². The number of methoxy groups -OCH3 is 2. The summed E-state index contributed by atoms with van der Waals surface area (Å²) in [6, 6.07) is 9.44. The van der Waals surface area contributed by atoms with E-state index < -0.39 is 11.9 Å². The number of esters is 2. The number of benzene rings is 1. The molecule has 1 aromatic rings. The summed E-state index contributed by atoms with van der Waals surface area (Å²) in [6.07, 6.45) is 3.64. The van der Waals surface area contributed by atoms with Gasteiger partial charge in [0.25, 0.3) is 0 Å². The van der Waals surface area contributed by atoms with Crippen molar-refractivity contribution in [2.45, 2.75) is 6.61 Å². The fourth-order valence-corrected chi connectivity index (χ4v) is 1.58. The van der Waals surface area contributed by atoms with E-state index in [1.807, 2.05) is 30.3 Å². The Morgan fingerprint density at radius 1 is 1.00 bits per heavy atom. The Morgan fingerprint density at radius 3 is 2.17 bits per heavy atom. The van der Waals surface area contributed by atoms with Gasteiger partial charge < -0.3 is 14.2 Å². The van der Waals surface area contributed by atoms with E-state index in [9.17, 15) is 14.4 Å². The summed E-state index contributed by atoms with van der Waals surface area (Å²) in [5.74, 6) is -1.98. The molecule has 0 spiro atoms. The highest BCUT2D eigenvalue weighted by atomic mass is 16.5. The van der Waals surface area contributed by atoms with Crippen LogP contribution in [0, 0.1) is 0 Å². The third kappa shape index (κ3) is 6.71. The highest BCUT2D eigenvalue weighted by Crippen LogP contribution is 2.02. The Morgan fingerprint density at radius 2 is 1.61 bits per heavy atom. The van der Waals surface area contributed by atoms with E-state index in [0.717, 1.165) is 25.9 Å². The Labute approximate surface area is 134 Å². The molecule has 0 unspecified atom stereocenters. The van der Waals surface area contributed by atoms with E-state index in [1.165, 1.54) is 12.2 Å². The molecule has 0 aromatic heterocycles. The van der Waals surface area contributed by atoms with Gasteiger partial charge in [0.15, 0.2) is 5.78 Å². The lowest BCUT2D eigenvalue weighted by Crippen LogP contribution is -2.15. The lowest BCUT2D eigenvalue weighted by atomic mass is 10.2. The van der Waals surface area contributed by atoms with Crippen molar-refractivity contribution >= 4 is 17.7 Å². The molecule has 23 heavy (non-hydrogen) atoms. The van der Waals surface area contributed by atoms with Crippen molar-refractivity contribution in [2.75, 3.05) is 20.8 Å². The van der Waals surface area contributed by atoms with Gasteiger partial charge in [-0.25, -0.2) is 9.59 Å². The van der Waals surface area contributed by atoms with E-state index in [0.29, 0.717) is 6.61 Å². The molecule has 0 heterocycles. The van der Waals surface area contributed by atoms with Gasteiger partial charge in [-0.15, -0.1) is 0 Å². The number of hydrogen-bond acceptors (Lipinski definition) is 6. The molecule has 0 aliphatic heterocycles. The summed E-state index contributed by atoms with van der Waals surface area (Å²) < 4.78 is 14.2. The van der Waals surface area contributed by atoms with Gasteiger partial charge in [-0.05, 0) is 17.7 Å². The van der Waals surface area contributed by atoms with Crippen LogP contribution in [0.4, 0.5) is 0 Å². The fraction of sp³-hybridized carbons (Fsp3) is 0.235. The van der Waals surface area contributed by atoms with Crippen LogP contribution in [0.5, 0.6) is 0 Å². The van der Waals surface area contributed by atoms with Crippen molar-refractivity contribution in [2.24, 2.45) is 0 Å². The van der Waals surface area contributed by atoms with Crippen molar-refractivity contribution in [3.8, 4) is 0 Å². The van der Waals surface area contributed by atoms with Crippen molar-refractivity contribution < 1.29 is 28.6 Å². The summed E-state index contributed by atoms with van der Waals surface area (Å²) in [6.45, 7) is 0.219. The van der Waals surface area contributed by atoms with Gasteiger partial charge in [0.2, 0.25) is 0 Å². The second kappa shape index (κ2) is 10.1. The predicted octanol–water partition coefficient (Wildman–Crippen LogP) is 1.60. The van der Waals surface area contributed by atoms with Crippen molar-refractivity contribution in [1.29, 1.82) is 0 Å². The molecule has 0 amide bonds. The van der Waals surface area contributed by atoms with Crippen LogP contribution in [-0.4, -0.2) is 38.5 Å². The summed E-state index contributed by atoms with van der Waals surface area (Å²) in [7, 11) is 2.29. The van der Waals surface area contributed by atoms with Crippen molar-refractivity contribution in [3.63, 3.8) is 0 Å². The summed E-state index contributed by atoms with van der Waals surface area (Å²) in [4.78, 5) is 34.4. The maximum Gasteiger partial charge on any atom is 0.345 e. The Hall–Kier alpha value is -2.73. The van der Waals surface area contributed by atoms with Crippen LogP contribution in [0.3, 0.4) is 0 Å². The van der Waals surface area contributed by atoms with Gasteiger partial charge in [0.05, 0.1) is 20.8 Å². The monoisotopic (exact) mass is 318 g/mol. The zero-order valence-electron chi connectivity index (χ0n) is 13.0. The molecule has 0 aliphatic rings. The summed E-state index contributed by atoms with van der Waals surface area (Å²) in [5.41, 5.74) is 0.659. The van der Waals surface area contributed by atoms with Crippen LogP contribution >= 0.6 is 0 Å². The van der Waals surface area contributed by atoms with Gasteiger partial charge in [0, 0.05) is 0 Å². The number of ketones is 1. The topological polar surface area (TPSA) is 78.9 Å². The van der Waals surface area contributed by atoms with E-state index in [1.54, 1.807) is 0 Å². The summed E-state index contributed by atoms with van der Waals surface area (Å²) in [5, 5.41) is 0. The quantitative estimate of drug-likeness (QED) is 0.238. The second-order valence-electron chi connectivity index (χ2n) is 4.37. The molecule has 0 saturated carbocycles. The zero-order chi connectivity index (χ0) is 17.1. The third-order valence-corrected chi connectivity index (χ3v) is 2.71. The Kier molecular flexibility index (Phi) is 8.02. The van der Waals surface area contributed by atoms with Gasteiger partial charge in [0.1, 0.15) is 12.2 Å². The molecule has 0 saturated heterocycles. The van der Waals surface area contributed by atoms with Gasteiger partial charge in [-0.2, -0.15) is 0 Å². The second-order valence-corrected chi connectivity index (χ2v) is 4.37. The minimum absolute atomic E-state index is 0.106. The van der Waals surface area contributed by atoms with Crippen LogP contribution in [-0.2, 0) is 35.2 Å². The molecule has 1 rings (SSSR count). The minimum Gasteiger partial charge on any atom is -0.465 e. The number of carbonyl (C=O) groups is 3. The Balaban J connectivity index is 2.51. The highest BCUT2D eigenvalue weighted by molar-refractivity contribution is 6.14. The first-order valence-electron chi connectivity index (χ1n) is 6.78. The van der Waals surface area contributed by atoms with E-state index in [4.69, 9.17) is 4.74 Å². The molecule has 0 bridgehead atoms. The SMILES string of the molecule is COC(=O)C(=C/C=C\C(=O)COCc1ccccc1)C(=O)OC. The molecular weight excluding hydrogens is 300 g/mol. The molecule has 0 N–H and O–H groups in total. The highest BCUT2D eigenvalue weighted by Gasteiger charge is 2.18. The number of rotatable bonds is 8. The first-order valence-corrected chi connectivity index (χ1v) is 6.78. The number of carbonyl (C=O) groups excluding carboxylic acids is 3. The molecule has 1 aromatic carbocycles. The van der Waals surface area contributed by atoms with E-state index >= 15 is 0 Å². The van der Waals surface area contributed by atoms with Crippen LogP contribution < -0.4 is 0 Å². The third-order valence-electron chi connectivity index (χ3n) is 2.71. The van der Waals surface area contributed by atoms with Crippen molar-refractivity contribution in [1.82, 2.24) is 0 Å². The molecule has 6 nitrogen and oxygen atoms in total. The predicted molar refractivity (Wildman–Crippen MR) is 82.4 cm³/mol. The van der Waals surface area contributed by atoms with E-state index in [2.05, 4.69) is 9.47 Å². The molecule has 0 aliphatic carbocycles. The molecule has 0 radical (unpaired) electrons. The maximum absolute atomic E-state index is 11.6. The van der Waals surface area contributed by atoms with Crippen LogP contribution in [0.15, 0.2) is 54.1 Å². The van der Waals surface area contributed by atoms with Gasteiger partial charge in [-0.1, -0.05) is 36.4 Å². The molecular formula is C17H18O6. The molecule has 0 atom stereocenters. The fourth-order valence-electron chi connectivity index (χ4n) is 1.58. The first kappa shape index (κ1) is 18.3. The number of hydrogen-bond donors (Lipinski definition) is 0. The molecule has 6 heteroatoms. The van der Waals surface area contributed by atoms with E-state index in [-0.39, 0.29) is 18.0 Å². The largest absolute Gasteiger partial charge is 0.465 e. The lowest BCUT2D eigenvalue weighted by Gasteiger charge is -2.02.